The second-order valence-corrected chi connectivity index (χ2v) is 9.48. The summed E-state index contributed by atoms with van der Waals surface area (Å²) >= 11 is 3.33. The third-order valence-corrected chi connectivity index (χ3v) is 7.51. The summed E-state index contributed by atoms with van der Waals surface area (Å²) in [6.45, 7) is 3.95. The lowest BCUT2D eigenvalue weighted by Crippen LogP contribution is -2.35. The number of rotatable bonds is 5. The van der Waals surface area contributed by atoms with Gasteiger partial charge in [-0.3, -0.25) is 4.90 Å². The molecule has 5 rings (SSSR count). The first-order valence-corrected chi connectivity index (χ1v) is 10.8. The first-order chi connectivity index (χ1) is 12.7. The number of nitrogens with zero attached hydrogens (tertiary/aromatic N) is 3. The van der Waals surface area contributed by atoms with Crippen LogP contribution in [0, 0.1) is 11.2 Å². The van der Waals surface area contributed by atoms with Crippen LogP contribution in [-0.4, -0.2) is 34.0 Å². The fraction of sp³-hybridized carbons (Fsp3) is 0.474. The van der Waals surface area contributed by atoms with Gasteiger partial charge in [0.1, 0.15) is 15.8 Å². The number of halogens is 2. The molecular weight excluding hydrogens is 403 g/mol. The normalized spacial score (nSPS) is 20.9. The molecule has 0 amide bonds. The summed E-state index contributed by atoms with van der Waals surface area (Å²) in [5.41, 5.74) is 1.37. The largest absolute Gasteiger partial charge is 0.317 e. The van der Waals surface area contributed by atoms with Crippen molar-refractivity contribution in [1.82, 2.24) is 20.2 Å². The van der Waals surface area contributed by atoms with Gasteiger partial charge in [0.05, 0.1) is 23.3 Å². The highest BCUT2D eigenvalue weighted by Crippen LogP contribution is 2.56. The zero-order chi connectivity index (χ0) is 17.6. The monoisotopic (exact) mass is 424 g/mol. The first-order valence-electron chi connectivity index (χ1n) is 9.10. The molecule has 2 aliphatic rings. The Hall–Kier alpha value is -1.12. The summed E-state index contributed by atoms with van der Waals surface area (Å²) < 4.78 is 14.4. The third kappa shape index (κ3) is 3.89. The quantitative estimate of drug-likeness (QED) is 0.656. The van der Waals surface area contributed by atoms with Crippen molar-refractivity contribution >= 4 is 45.3 Å². The molecule has 1 unspecified atom stereocenters. The molecule has 4 nitrogen and oxygen atoms in total. The van der Waals surface area contributed by atoms with E-state index in [-0.39, 0.29) is 18.2 Å². The maximum Gasteiger partial charge on any atom is 0.124 e. The lowest BCUT2D eigenvalue weighted by atomic mass is 9.93. The standard InChI is InChI=1S/C19H21FN4S2.ClH/c20-13-1-2-14-15(9-13)26-18(23-14)12-24(11-17-22-7-8-25-17)16-10-19(16)3-5-21-6-4-19;/h1-2,7-9,16,21H,3-6,10-12H2;1H. The van der Waals surface area contributed by atoms with Crippen LogP contribution in [0.25, 0.3) is 10.2 Å². The van der Waals surface area contributed by atoms with Gasteiger partial charge in [-0.15, -0.1) is 35.1 Å². The molecule has 144 valence electrons. The van der Waals surface area contributed by atoms with Gasteiger partial charge in [-0.1, -0.05) is 0 Å². The molecule has 1 aliphatic carbocycles. The molecule has 1 aliphatic heterocycles. The highest BCUT2D eigenvalue weighted by Gasteiger charge is 2.56. The van der Waals surface area contributed by atoms with Crippen LogP contribution in [0.4, 0.5) is 4.39 Å². The fourth-order valence-electron chi connectivity index (χ4n) is 4.27. The molecule has 0 bridgehead atoms. The minimum Gasteiger partial charge on any atom is -0.317 e. The molecule has 2 aromatic heterocycles. The number of hydrogen-bond donors (Lipinski definition) is 1. The molecule has 1 atom stereocenters. The number of thiazole rings is 2. The van der Waals surface area contributed by atoms with E-state index in [4.69, 9.17) is 4.98 Å². The zero-order valence-electron chi connectivity index (χ0n) is 14.9. The molecule has 1 saturated carbocycles. The van der Waals surface area contributed by atoms with Gasteiger partial charge in [0.2, 0.25) is 0 Å². The van der Waals surface area contributed by atoms with Crippen molar-refractivity contribution in [3.8, 4) is 0 Å². The summed E-state index contributed by atoms with van der Waals surface area (Å²) in [7, 11) is 0. The van der Waals surface area contributed by atoms with Gasteiger partial charge in [-0.25, -0.2) is 14.4 Å². The topological polar surface area (TPSA) is 41.1 Å². The van der Waals surface area contributed by atoms with E-state index in [1.165, 1.54) is 25.3 Å². The van der Waals surface area contributed by atoms with E-state index in [0.717, 1.165) is 46.4 Å². The van der Waals surface area contributed by atoms with Gasteiger partial charge in [-0.2, -0.15) is 0 Å². The van der Waals surface area contributed by atoms with Gasteiger partial charge >= 0.3 is 0 Å². The highest BCUT2D eigenvalue weighted by atomic mass is 35.5. The fourth-order valence-corrected chi connectivity index (χ4v) is 5.93. The zero-order valence-corrected chi connectivity index (χ0v) is 17.3. The van der Waals surface area contributed by atoms with Gasteiger partial charge in [0.25, 0.3) is 0 Å². The molecule has 3 heterocycles. The molecule has 0 radical (unpaired) electrons. The lowest BCUT2D eigenvalue weighted by molar-refractivity contribution is 0.188. The van der Waals surface area contributed by atoms with Crippen molar-refractivity contribution in [2.45, 2.75) is 38.4 Å². The summed E-state index contributed by atoms with van der Waals surface area (Å²) in [4.78, 5) is 11.8. The Labute approximate surface area is 172 Å². The number of aromatic nitrogens is 2. The molecular formula is C19H22ClFN4S2. The first kappa shape index (κ1) is 19.2. The maximum atomic E-state index is 13.5. The van der Waals surface area contributed by atoms with Crippen LogP contribution in [-0.2, 0) is 13.1 Å². The van der Waals surface area contributed by atoms with E-state index in [0.29, 0.717) is 11.5 Å². The van der Waals surface area contributed by atoms with Crippen molar-refractivity contribution in [3.05, 3.63) is 45.6 Å². The van der Waals surface area contributed by atoms with E-state index < -0.39 is 0 Å². The average Bonchev–Trinajstić information content (AvgIpc) is 3.01. The predicted octanol–water partition coefficient (Wildman–Crippen LogP) is 4.46. The Morgan fingerprint density at radius 2 is 2.04 bits per heavy atom. The number of hydrogen-bond acceptors (Lipinski definition) is 6. The minimum absolute atomic E-state index is 0. The lowest BCUT2D eigenvalue weighted by Gasteiger charge is -2.28. The number of fused-ring (bicyclic) bond motifs is 1. The van der Waals surface area contributed by atoms with Crippen LogP contribution in [0.2, 0.25) is 0 Å². The Kier molecular flexibility index (Phi) is 5.49. The van der Waals surface area contributed by atoms with Gasteiger partial charge in [-0.05, 0) is 56.0 Å². The van der Waals surface area contributed by atoms with Crippen LogP contribution >= 0.6 is 35.1 Å². The number of piperidine rings is 1. The second kappa shape index (κ2) is 7.72. The van der Waals surface area contributed by atoms with Crippen LogP contribution in [0.5, 0.6) is 0 Å². The number of benzene rings is 1. The molecule has 27 heavy (non-hydrogen) atoms. The number of nitrogens with one attached hydrogen (secondary N) is 1. The Morgan fingerprint density at radius 1 is 1.22 bits per heavy atom. The Morgan fingerprint density at radius 3 is 2.81 bits per heavy atom. The van der Waals surface area contributed by atoms with Crippen molar-refractivity contribution in [2.24, 2.45) is 5.41 Å². The van der Waals surface area contributed by atoms with Crippen molar-refractivity contribution < 1.29 is 4.39 Å². The van der Waals surface area contributed by atoms with Crippen LogP contribution < -0.4 is 5.32 Å². The highest BCUT2D eigenvalue weighted by molar-refractivity contribution is 7.18. The SMILES string of the molecule is Cl.Fc1ccc2nc(CN(Cc3nccs3)C3CC34CCNCC4)sc2c1. The maximum absolute atomic E-state index is 13.5. The molecule has 3 aromatic rings. The predicted molar refractivity (Wildman–Crippen MR) is 111 cm³/mol. The third-order valence-electron chi connectivity index (χ3n) is 5.74. The van der Waals surface area contributed by atoms with Crippen molar-refractivity contribution in [3.63, 3.8) is 0 Å². The Balaban J connectivity index is 0.00000180. The molecule has 1 saturated heterocycles. The van der Waals surface area contributed by atoms with E-state index in [9.17, 15) is 4.39 Å². The van der Waals surface area contributed by atoms with Gasteiger partial charge in [0, 0.05) is 17.6 Å². The van der Waals surface area contributed by atoms with E-state index in [1.54, 1.807) is 34.8 Å². The molecule has 8 heteroatoms. The summed E-state index contributed by atoms with van der Waals surface area (Å²) in [5, 5.41) is 7.75. The average molecular weight is 425 g/mol. The van der Waals surface area contributed by atoms with Gasteiger partial charge in [0.15, 0.2) is 0 Å². The minimum atomic E-state index is -0.191. The summed E-state index contributed by atoms with van der Waals surface area (Å²) in [6.07, 6.45) is 5.68. The summed E-state index contributed by atoms with van der Waals surface area (Å²) in [5.74, 6) is -0.191. The smallest absolute Gasteiger partial charge is 0.124 e. The van der Waals surface area contributed by atoms with Crippen molar-refractivity contribution in [2.75, 3.05) is 13.1 Å². The van der Waals surface area contributed by atoms with Crippen LogP contribution in [0.1, 0.15) is 29.3 Å². The molecule has 1 N–H and O–H groups in total. The van der Waals surface area contributed by atoms with Crippen LogP contribution in [0.15, 0.2) is 29.8 Å². The molecule has 1 aromatic carbocycles. The second-order valence-electron chi connectivity index (χ2n) is 7.38. The molecule has 1 spiro atoms. The Bertz CT molecular complexity index is 908. The van der Waals surface area contributed by atoms with E-state index in [1.807, 2.05) is 11.6 Å². The summed E-state index contributed by atoms with van der Waals surface area (Å²) in [6, 6.07) is 5.47. The van der Waals surface area contributed by atoms with E-state index in [2.05, 4.69) is 15.2 Å². The van der Waals surface area contributed by atoms with Crippen molar-refractivity contribution in [1.29, 1.82) is 0 Å². The van der Waals surface area contributed by atoms with E-state index >= 15 is 0 Å². The van der Waals surface area contributed by atoms with Gasteiger partial charge < -0.3 is 5.32 Å². The molecule has 2 fully saturated rings. The van der Waals surface area contributed by atoms with Crippen LogP contribution in [0.3, 0.4) is 0 Å².